The van der Waals surface area contributed by atoms with E-state index in [-0.39, 0.29) is 30.2 Å². The quantitative estimate of drug-likeness (QED) is 0.823. The average molecular weight is 383 g/mol. The number of rotatable bonds is 4. The number of likely N-dealkylation sites (tertiary alicyclic amines) is 1. The highest BCUT2D eigenvalue weighted by Crippen LogP contribution is 2.25. The molecule has 0 aromatic heterocycles. The van der Waals surface area contributed by atoms with Gasteiger partial charge < -0.3 is 15.0 Å². The van der Waals surface area contributed by atoms with E-state index in [1.807, 2.05) is 0 Å². The molecule has 2 fully saturated rings. The Balaban J connectivity index is 1.44. The average Bonchev–Trinajstić information content (AvgIpc) is 3.29. The van der Waals surface area contributed by atoms with Crippen molar-refractivity contribution in [3.63, 3.8) is 0 Å². The molecule has 8 heteroatoms. The highest BCUT2D eigenvalue weighted by Gasteiger charge is 2.39. The van der Waals surface area contributed by atoms with Crippen LogP contribution in [-0.4, -0.2) is 53.3 Å². The predicted octanol–water partition coefficient (Wildman–Crippen LogP) is 2.38. The third-order valence-corrected chi connectivity index (χ3v) is 4.82. The zero-order valence-electron chi connectivity index (χ0n) is 14.9. The largest absolute Gasteiger partial charge is 0.457 e. The molecule has 1 N–H and O–H groups in total. The number of carbonyl (C=O) groups excluding carboxylic acids is 3. The van der Waals surface area contributed by atoms with Crippen LogP contribution in [0.3, 0.4) is 0 Å². The van der Waals surface area contributed by atoms with Gasteiger partial charge in [-0.1, -0.05) is 6.07 Å². The van der Waals surface area contributed by atoms with Gasteiger partial charge in [-0.2, -0.15) is 0 Å². The van der Waals surface area contributed by atoms with Gasteiger partial charge in [-0.15, -0.1) is 0 Å². The molecule has 0 aliphatic carbocycles. The van der Waals surface area contributed by atoms with Crippen molar-refractivity contribution in [2.24, 2.45) is 0 Å². The number of hydrogen-bond donors (Lipinski definition) is 1. The molecule has 2 aliphatic rings. The first-order chi connectivity index (χ1) is 13.5. The van der Waals surface area contributed by atoms with Gasteiger partial charge in [-0.25, -0.2) is 9.18 Å². The summed E-state index contributed by atoms with van der Waals surface area (Å²) < 4.78 is 18.7. The second-order valence-electron chi connectivity index (χ2n) is 6.70. The van der Waals surface area contributed by atoms with Crippen molar-refractivity contribution >= 4 is 17.8 Å². The zero-order valence-corrected chi connectivity index (χ0v) is 14.9. The summed E-state index contributed by atoms with van der Waals surface area (Å²) in [5.41, 5.74) is 0.442. The molecule has 144 valence electrons. The Labute approximate surface area is 160 Å². The lowest BCUT2D eigenvalue weighted by molar-refractivity contribution is -0.126. The lowest BCUT2D eigenvalue weighted by Gasteiger charge is -2.21. The Bertz CT molecular complexity index is 915. The SMILES string of the molecule is O=C(c1cccc(Oc2ccc(F)cc2)c1)N1CCC(N2C(=O)CNC2=O)C1. The van der Waals surface area contributed by atoms with Gasteiger partial charge >= 0.3 is 6.03 Å². The molecule has 4 amide bonds. The van der Waals surface area contributed by atoms with Crippen LogP contribution < -0.4 is 10.1 Å². The predicted molar refractivity (Wildman–Crippen MR) is 97.5 cm³/mol. The van der Waals surface area contributed by atoms with Crippen LogP contribution >= 0.6 is 0 Å². The number of benzene rings is 2. The smallest absolute Gasteiger partial charge is 0.324 e. The van der Waals surface area contributed by atoms with Crippen molar-refractivity contribution in [2.75, 3.05) is 19.6 Å². The fourth-order valence-electron chi connectivity index (χ4n) is 3.46. The van der Waals surface area contributed by atoms with E-state index < -0.39 is 6.03 Å². The van der Waals surface area contributed by atoms with Crippen molar-refractivity contribution < 1.29 is 23.5 Å². The Morgan fingerprint density at radius 3 is 2.61 bits per heavy atom. The number of hydrogen-bond acceptors (Lipinski definition) is 4. The molecule has 1 unspecified atom stereocenters. The Morgan fingerprint density at radius 2 is 1.89 bits per heavy atom. The fraction of sp³-hybridized carbons (Fsp3) is 0.250. The zero-order chi connectivity index (χ0) is 19.7. The minimum Gasteiger partial charge on any atom is -0.457 e. The number of nitrogens with zero attached hydrogens (tertiary/aromatic N) is 2. The van der Waals surface area contributed by atoms with Crippen LogP contribution in [0, 0.1) is 5.82 Å². The van der Waals surface area contributed by atoms with Gasteiger partial charge in [0.15, 0.2) is 0 Å². The van der Waals surface area contributed by atoms with Crippen LogP contribution in [0.2, 0.25) is 0 Å². The van der Waals surface area contributed by atoms with E-state index in [4.69, 9.17) is 4.74 Å². The number of nitrogens with one attached hydrogen (secondary N) is 1. The van der Waals surface area contributed by atoms with Gasteiger partial charge in [0.1, 0.15) is 17.3 Å². The summed E-state index contributed by atoms with van der Waals surface area (Å²) in [4.78, 5) is 39.3. The third kappa shape index (κ3) is 3.53. The first-order valence-electron chi connectivity index (χ1n) is 8.94. The van der Waals surface area contributed by atoms with Crippen LogP contribution in [-0.2, 0) is 4.79 Å². The molecule has 0 radical (unpaired) electrons. The second kappa shape index (κ2) is 7.30. The molecular formula is C20H18FN3O4. The highest BCUT2D eigenvalue weighted by molar-refractivity contribution is 6.02. The van der Waals surface area contributed by atoms with Gasteiger partial charge in [0.05, 0.1) is 12.6 Å². The van der Waals surface area contributed by atoms with Gasteiger partial charge in [0.25, 0.3) is 5.91 Å². The van der Waals surface area contributed by atoms with Crippen LogP contribution in [0.25, 0.3) is 0 Å². The van der Waals surface area contributed by atoms with E-state index in [1.165, 1.54) is 29.2 Å². The summed E-state index contributed by atoms with van der Waals surface area (Å²) in [6.45, 7) is 0.775. The fourth-order valence-corrected chi connectivity index (χ4v) is 3.46. The molecule has 2 aromatic carbocycles. The molecule has 1 atom stereocenters. The van der Waals surface area contributed by atoms with Crippen LogP contribution in [0.1, 0.15) is 16.8 Å². The maximum atomic E-state index is 13.0. The molecule has 2 aromatic rings. The van der Waals surface area contributed by atoms with Crippen molar-refractivity contribution in [3.8, 4) is 11.5 Å². The summed E-state index contributed by atoms with van der Waals surface area (Å²) in [5.74, 6) is 0.108. The molecule has 0 spiro atoms. The summed E-state index contributed by atoms with van der Waals surface area (Å²) in [6.07, 6.45) is 0.552. The van der Waals surface area contributed by atoms with Gasteiger partial charge in [-0.05, 0) is 48.9 Å². The minimum atomic E-state index is -0.404. The lowest BCUT2D eigenvalue weighted by atomic mass is 10.2. The number of ether oxygens (including phenoxy) is 1. The first-order valence-corrected chi connectivity index (χ1v) is 8.94. The molecule has 2 aliphatic heterocycles. The number of urea groups is 1. The number of carbonyl (C=O) groups is 3. The maximum Gasteiger partial charge on any atom is 0.324 e. The van der Waals surface area contributed by atoms with E-state index in [0.717, 1.165) is 0 Å². The van der Waals surface area contributed by atoms with Crippen LogP contribution in [0.4, 0.5) is 9.18 Å². The van der Waals surface area contributed by atoms with Gasteiger partial charge in [-0.3, -0.25) is 14.5 Å². The normalized spacial score (nSPS) is 19.1. The maximum absolute atomic E-state index is 13.0. The van der Waals surface area contributed by atoms with Crippen molar-refractivity contribution in [3.05, 3.63) is 59.9 Å². The lowest BCUT2D eigenvalue weighted by Crippen LogP contribution is -2.42. The van der Waals surface area contributed by atoms with Crippen LogP contribution in [0.5, 0.6) is 11.5 Å². The molecule has 7 nitrogen and oxygen atoms in total. The Hall–Kier alpha value is -3.42. The molecule has 28 heavy (non-hydrogen) atoms. The van der Waals surface area contributed by atoms with E-state index in [1.54, 1.807) is 29.2 Å². The molecule has 2 heterocycles. The summed E-state index contributed by atoms with van der Waals surface area (Å²) >= 11 is 0. The number of imide groups is 1. The van der Waals surface area contributed by atoms with E-state index >= 15 is 0 Å². The monoisotopic (exact) mass is 383 g/mol. The Kier molecular flexibility index (Phi) is 4.68. The van der Waals surface area contributed by atoms with Crippen molar-refractivity contribution in [2.45, 2.75) is 12.5 Å². The van der Waals surface area contributed by atoms with E-state index in [0.29, 0.717) is 36.6 Å². The van der Waals surface area contributed by atoms with Gasteiger partial charge in [0.2, 0.25) is 5.91 Å². The summed E-state index contributed by atoms with van der Waals surface area (Å²) in [6, 6.07) is 11.6. The molecule has 0 bridgehead atoms. The third-order valence-electron chi connectivity index (χ3n) is 4.82. The molecule has 4 rings (SSSR count). The second-order valence-corrected chi connectivity index (χ2v) is 6.70. The van der Waals surface area contributed by atoms with E-state index in [2.05, 4.69) is 5.32 Å². The molecule has 2 saturated heterocycles. The topological polar surface area (TPSA) is 79.0 Å². The van der Waals surface area contributed by atoms with Gasteiger partial charge in [0, 0.05) is 18.7 Å². The van der Waals surface area contributed by atoms with E-state index in [9.17, 15) is 18.8 Å². The van der Waals surface area contributed by atoms with Crippen molar-refractivity contribution in [1.82, 2.24) is 15.1 Å². The molecular weight excluding hydrogens is 365 g/mol. The molecule has 0 saturated carbocycles. The van der Waals surface area contributed by atoms with Crippen LogP contribution in [0.15, 0.2) is 48.5 Å². The minimum absolute atomic E-state index is 0.00600. The first kappa shape index (κ1) is 18.0. The summed E-state index contributed by atoms with van der Waals surface area (Å²) in [7, 11) is 0. The Morgan fingerprint density at radius 1 is 1.11 bits per heavy atom. The standard InChI is InChI=1S/C20H18FN3O4/c21-14-4-6-16(7-5-14)28-17-3-1-2-13(10-17)19(26)23-9-8-15(12-23)24-18(25)11-22-20(24)27/h1-7,10,15H,8-9,11-12H2,(H,22,27). The number of amides is 4. The number of halogens is 1. The highest BCUT2D eigenvalue weighted by atomic mass is 19.1. The van der Waals surface area contributed by atoms with Crippen molar-refractivity contribution in [1.29, 1.82) is 0 Å². The summed E-state index contributed by atoms with van der Waals surface area (Å²) in [5, 5.41) is 2.50.